The standard InChI is InChI=1S/C22H24O5/c1-3-4-8-17-11-13-19(14-12-17)21(24)26-15-16(2)20(23)27-22(25)18-9-6-5-7-10-18/h5-7,9-14,16H,3-4,8,15H2,1-2H3. The fraction of sp³-hybridized carbons (Fsp3) is 0.318. The maximum absolute atomic E-state index is 12.1. The Morgan fingerprint density at radius 1 is 0.889 bits per heavy atom. The van der Waals surface area contributed by atoms with E-state index in [0.717, 1.165) is 19.3 Å². The van der Waals surface area contributed by atoms with Crippen LogP contribution in [0.1, 0.15) is 53.0 Å². The Bertz CT molecular complexity index is 765. The lowest BCUT2D eigenvalue weighted by atomic mass is 10.1. The van der Waals surface area contributed by atoms with Gasteiger partial charge in [-0.15, -0.1) is 0 Å². The molecule has 2 rings (SSSR count). The maximum atomic E-state index is 12.1. The highest BCUT2D eigenvalue weighted by molar-refractivity contribution is 5.97. The van der Waals surface area contributed by atoms with Crippen LogP contribution in [0.25, 0.3) is 0 Å². The summed E-state index contributed by atoms with van der Waals surface area (Å²) in [5, 5.41) is 0. The fourth-order valence-corrected chi connectivity index (χ4v) is 2.37. The highest BCUT2D eigenvalue weighted by Gasteiger charge is 2.21. The van der Waals surface area contributed by atoms with Gasteiger partial charge in [-0.3, -0.25) is 4.79 Å². The Labute approximate surface area is 159 Å². The van der Waals surface area contributed by atoms with E-state index >= 15 is 0 Å². The lowest BCUT2D eigenvalue weighted by Crippen LogP contribution is -2.24. The van der Waals surface area contributed by atoms with Crippen molar-refractivity contribution in [3.05, 3.63) is 71.3 Å². The normalized spacial score (nSPS) is 11.5. The average Bonchev–Trinajstić information content (AvgIpc) is 2.71. The number of hydrogen-bond donors (Lipinski definition) is 0. The summed E-state index contributed by atoms with van der Waals surface area (Å²) in [6, 6.07) is 15.5. The number of ether oxygens (including phenoxy) is 2. The smallest absolute Gasteiger partial charge is 0.345 e. The topological polar surface area (TPSA) is 69.7 Å². The second-order valence-corrected chi connectivity index (χ2v) is 6.37. The van der Waals surface area contributed by atoms with Gasteiger partial charge < -0.3 is 9.47 Å². The first-order valence-electron chi connectivity index (χ1n) is 9.08. The SMILES string of the molecule is CCCCc1ccc(C(=O)OCC(C)C(=O)OC(=O)c2ccccc2)cc1. The van der Waals surface area contributed by atoms with Crippen molar-refractivity contribution in [3.63, 3.8) is 0 Å². The van der Waals surface area contributed by atoms with Crippen molar-refractivity contribution in [2.75, 3.05) is 6.61 Å². The lowest BCUT2D eigenvalue weighted by molar-refractivity contribution is -0.143. The number of carbonyl (C=O) groups is 3. The molecule has 142 valence electrons. The van der Waals surface area contributed by atoms with Crippen LogP contribution in [0, 0.1) is 5.92 Å². The molecule has 2 aromatic carbocycles. The van der Waals surface area contributed by atoms with Crippen LogP contribution in [-0.2, 0) is 20.7 Å². The molecule has 1 atom stereocenters. The van der Waals surface area contributed by atoms with Crippen molar-refractivity contribution in [1.29, 1.82) is 0 Å². The Kier molecular flexibility index (Phi) is 7.74. The molecule has 0 heterocycles. The lowest BCUT2D eigenvalue weighted by Gasteiger charge is -2.11. The van der Waals surface area contributed by atoms with Crippen molar-refractivity contribution in [2.45, 2.75) is 33.1 Å². The molecule has 5 nitrogen and oxygen atoms in total. The highest BCUT2D eigenvalue weighted by Crippen LogP contribution is 2.11. The van der Waals surface area contributed by atoms with E-state index < -0.39 is 23.8 Å². The van der Waals surface area contributed by atoms with E-state index in [9.17, 15) is 14.4 Å². The van der Waals surface area contributed by atoms with Gasteiger partial charge in [-0.2, -0.15) is 0 Å². The van der Waals surface area contributed by atoms with Crippen molar-refractivity contribution in [3.8, 4) is 0 Å². The zero-order valence-electron chi connectivity index (χ0n) is 15.6. The number of carbonyl (C=O) groups excluding carboxylic acids is 3. The van der Waals surface area contributed by atoms with Crippen LogP contribution in [0.3, 0.4) is 0 Å². The second kappa shape index (κ2) is 10.3. The van der Waals surface area contributed by atoms with Crippen LogP contribution >= 0.6 is 0 Å². The van der Waals surface area contributed by atoms with Gasteiger partial charge in [0.1, 0.15) is 6.61 Å². The molecule has 0 N–H and O–H groups in total. The molecule has 1 unspecified atom stereocenters. The van der Waals surface area contributed by atoms with Crippen LogP contribution in [0.2, 0.25) is 0 Å². The summed E-state index contributed by atoms with van der Waals surface area (Å²) in [7, 11) is 0. The minimum Gasteiger partial charge on any atom is -0.461 e. The minimum absolute atomic E-state index is 0.155. The van der Waals surface area contributed by atoms with Crippen LogP contribution in [0.5, 0.6) is 0 Å². The molecule has 0 saturated heterocycles. The number of unbranched alkanes of at least 4 members (excludes halogenated alkanes) is 1. The summed E-state index contributed by atoms with van der Waals surface area (Å²) in [6.45, 7) is 3.52. The van der Waals surface area contributed by atoms with E-state index in [2.05, 4.69) is 6.92 Å². The summed E-state index contributed by atoms with van der Waals surface area (Å²) in [6.07, 6.45) is 3.19. The quantitative estimate of drug-likeness (QED) is 0.516. The number of rotatable bonds is 8. The van der Waals surface area contributed by atoms with E-state index in [4.69, 9.17) is 9.47 Å². The van der Waals surface area contributed by atoms with E-state index in [1.165, 1.54) is 5.56 Å². The first-order chi connectivity index (χ1) is 13.0. The third-order valence-corrected chi connectivity index (χ3v) is 4.08. The number of hydrogen-bond acceptors (Lipinski definition) is 5. The monoisotopic (exact) mass is 368 g/mol. The van der Waals surface area contributed by atoms with Gasteiger partial charge in [-0.25, -0.2) is 9.59 Å². The van der Waals surface area contributed by atoms with Crippen LogP contribution in [0.4, 0.5) is 0 Å². The van der Waals surface area contributed by atoms with Crippen LogP contribution in [-0.4, -0.2) is 24.5 Å². The predicted molar refractivity (Wildman–Crippen MR) is 101 cm³/mol. The third-order valence-electron chi connectivity index (χ3n) is 4.08. The van der Waals surface area contributed by atoms with E-state index in [1.807, 2.05) is 12.1 Å². The van der Waals surface area contributed by atoms with Gasteiger partial charge in [0.2, 0.25) is 0 Å². The predicted octanol–water partition coefficient (Wildman–Crippen LogP) is 4.21. The maximum Gasteiger partial charge on any atom is 0.345 e. The Balaban J connectivity index is 1.81. The summed E-state index contributed by atoms with van der Waals surface area (Å²) >= 11 is 0. The Morgan fingerprint density at radius 3 is 2.15 bits per heavy atom. The van der Waals surface area contributed by atoms with Crippen molar-refractivity contribution in [2.24, 2.45) is 5.92 Å². The number of esters is 3. The molecule has 0 aliphatic rings. The zero-order chi connectivity index (χ0) is 19.6. The van der Waals surface area contributed by atoms with Crippen LogP contribution < -0.4 is 0 Å². The summed E-state index contributed by atoms with van der Waals surface area (Å²) in [5.41, 5.74) is 1.89. The highest BCUT2D eigenvalue weighted by atomic mass is 16.6. The van der Waals surface area contributed by atoms with Gasteiger partial charge >= 0.3 is 17.9 Å². The molecule has 0 radical (unpaired) electrons. The van der Waals surface area contributed by atoms with Crippen molar-refractivity contribution < 1.29 is 23.9 Å². The molecule has 0 saturated carbocycles. The van der Waals surface area contributed by atoms with Gasteiger partial charge in [0.05, 0.1) is 17.0 Å². The molecule has 0 amide bonds. The van der Waals surface area contributed by atoms with E-state index in [-0.39, 0.29) is 6.61 Å². The van der Waals surface area contributed by atoms with Crippen molar-refractivity contribution in [1.82, 2.24) is 0 Å². The number of benzene rings is 2. The molecule has 2 aromatic rings. The van der Waals surface area contributed by atoms with Gasteiger partial charge in [-0.1, -0.05) is 43.7 Å². The van der Waals surface area contributed by atoms with Gasteiger partial charge in [0.25, 0.3) is 0 Å². The summed E-state index contributed by atoms with van der Waals surface area (Å²) in [5.74, 6) is -2.70. The molecule has 0 aliphatic carbocycles. The minimum atomic E-state index is -0.745. The molecular weight excluding hydrogens is 344 g/mol. The largest absolute Gasteiger partial charge is 0.461 e. The molecule has 0 bridgehead atoms. The van der Waals surface area contributed by atoms with Gasteiger partial charge in [0, 0.05) is 0 Å². The number of aryl methyl sites for hydroxylation is 1. The van der Waals surface area contributed by atoms with E-state index in [0.29, 0.717) is 11.1 Å². The molecule has 0 aliphatic heterocycles. The average molecular weight is 368 g/mol. The van der Waals surface area contributed by atoms with Gasteiger partial charge in [-0.05, 0) is 49.6 Å². The van der Waals surface area contributed by atoms with Gasteiger partial charge in [0.15, 0.2) is 0 Å². The molecule has 0 fully saturated rings. The molecule has 0 aromatic heterocycles. The molecule has 0 spiro atoms. The summed E-state index contributed by atoms with van der Waals surface area (Å²) in [4.78, 5) is 36.0. The summed E-state index contributed by atoms with van der Waals surface area (Å²) < 4.78 is 9.99. The zero-order valence-corrected chi connectivity index (χ0v) is 15.6. The first kappa shape index (κ1) is 20.4. The fourth-order valence-electron chi connectivity index (χ4n) is 2.37. The third kappa shape index (κ3) is 6.37. The van der Waals surface area contributed by atoms with Crippen LogP contribution in [0.15, 0.2) is 54.6 Å². The molecule has 27 heavy (non-hydrogen) atoms. The second-order valence-electron chi connectivity index (χ2n) is 6.37. The molecular formula is C22H24O5. The molecule has 5 heteroatoms. The van der Waals surface area contributed by atoms with Crippen molar-refractivity contribution >= 4 is 17.9 Å². The Hall–Kier alpha value is -2.95. The Morgan fingerprint density at radius 2 is 1.52 bits per heavy atom. The van der Waals surface area contributed by atoms with E-state index in [1.54, 1.807) is 49.4 Å². The first-order valence-corrected chi connectivity index (χ1v) is 9.08.